The van der Waals surface area contributed by atoms with Crippen LogP contribution in [-0.4, -0.2) is 55.2 Å². The number of benzene rings is 1. The fourth-order valence-electron chi connectivity index (χ4n) is 2.44. The number of halogens is 1. The van der Waals surface area contributed by atoms with Crippen LogP contribution in [0.3, 0.4) is 0 Å². The van der Waals surface area contributed by atoms with Gasteiger partial charge in [-0.25, -0.2) is 4.98 Å². The van der Waals surface area contributed by atoms with Gasteiger partial charge >= 0.3 is 0 Å². The molecule has 2 aromatic rings. The molecule has 112 valence electrons. The van der Waals surface area contributed by atoms with E-state index in [9.17, 15) is 0 Å². The van der Waals surface area contributed by atoms with Crippen molar-refractivity contribution >= 4 is 38.6 Å². The summed E-state index contributed by atoms with van der Waals surface area (Å²) < 4.78 is 6.12. The minimum Gasteiger partial charge on any atom is -0.497 e. The van der Waals surface area contributed by atoms with Crippen LogP contribution in [0.1, 0.15) is 0 Å². The molecule has 0 radical (unpaired) electrons. The first-order valence-electron chi connectivity index (χ1n) is 6.82. The van der Waals surface area contributed by atoms with Crippen molar-refractivity contribution in [3.05, 3.63) is 16.6 Å². The Morgan fingerprint density at radius 1 is 1.19 bits per heavy atom. The Balaban J connectivity index is 2.04. The van der Waals surface area contributed by atoms with Gasteiger partial charge in [0, 0.05) is 36.0 Å². The molecule has 1 aliphatic heterocycles. The summed E-state index contributed by atoms with van der Waals surface area (Å²) in [4.78, 5) is 13.6. The monoisotopic (exact) mass is 351 g/mol. The molecule has 1 aromatic carbocycles. The first-order valence-corrected chi connectivity index (χ1v) is 7.62. The third-order valence-electron chi connectivity index (χ3n) is 3.77. The Kier molecular flexibility index (Phi) is 3.86. The lowest BCUT2D eigenvalue weighted by molar-refractivity contribution is 0.311. The van der Waals surface area contributed by atoms with Gasteiger partial charge in [-0.3, -0.25) is 0 Å². The predicted molar refractivity (Wildman–Crippen MR) is 87.9 cm³/mol. The Bertz CT molecular complexity index is 670. The second kappa shape index (κ2) is 5.65. The molecule has 2 N–H and O–H groups in total. The molecule has 2 heterocycles. The molecule has 0 amide bonds. The molecule has 1 aromatic heterocycles. The quantitative estimate of drug-likeness (QED) is 0.888. The number of anilines is 2. The van der Waals surface area contributed by atoms with Crippen LogP contribution >= 0.6 is 15.9 Å². The number of piperazine rings is 1. The van der Waals surface area contributed by atoms with E-state index in [0.29, 0.717) is 11.8 Å². The summed E-state index contributed by atoms with van der Waals surface area (Å²) in [7, 11) is 3.75. The fraction of sp³-hybridized carbons (Fsp3) is 0.429. The second-order valence-corrected chi connectivity index (χ2v) is 6.06. The number of hydrogen-bond donors (Lipinski definition) is 1. The van der Waals surface area contributed by atoms with Crippen LogP contribution in [0.4, 0.5) is 11.8 Å². The van der Waals surface area contributed by atoms with Crippen LogP contribution in [0.5, 0.6) is 5.75 Å². The third-order valence-corrected chi connectivity index (χ3v) is 4.37. The number of nitrogen functional groups attached to an aromatic ring is 1. The van der Waals surface area contributed by atoms with Crippen molar-refractivity contribution in [1.29, 1.82) is 0 Å². The van der Waals surface area contributed by atoms with E-state index in [2.05, 4.69) is 42.7 Å². The van der Waals surface area contributed by atoms with Gasteiger partial charge in [0.05, 0.1) is 12.6 Å². The number of likely N-dealkylation sites (N-methyl/N-ethyl adjacent to an activating group) is 1. The first kappa shape index (κ1) is 14.3. The minimum absolute atomic E-state index is 0.480. The van der Waals surface area contributed by atoms with Gasteiger partial charge in [0.25, 0.3) is 0 Å². The number of hydrogen-bond acceptors (Lipinski definition) is 6. The first-order chi connectivity index (χ1) is 10.1. The van der Waals surface area contributed by atoms with Crippen molar-refractivity contribution in [2.24, 2.45) is 0 Å². The summed E-state index contributed by atoms with van der Waals surface area (Å²) in [5.41, 5.74) is 6.94. The zero-order valence-electron chi connectivity index (χ0n) is 12.1. The second-order valence-electron chi connectivity index (χ2n) is 5.20. The van der Waals surface area contributed by atoms with Crippen LogP contribution in [-0.2, 0) is 0 Å². The lowest BCUT2D eigenvalue weighted by atomic mass is 10.2. The van der Waals surface area contributed by atoms with Gasteiger partial charge in [-0.2, -0.15) is 4.98 Å². The van der Waals surface area contributed by atoms with E-state index in [1.165, 1.54) is 0 Å². The van der Waals surface area contributed by atoms with E-state index in [0.717, 1.165) is 47.3 Å². The molecule has 21 heavy (non-hydrogen) atoms. The maximum atomic E-state index is 6.12. The smallest absolute Gasteiger partial charge is 0.228 e. The van der Waals surface area contributed by atoms with Gasteiger partial charge in [-0.15, -0.1) is 0 Å². The molecule has 3 rings (SSSR count). The number of fused-ring (bicyclic) bond motifs is 1. The average Bonchev–Trinajstić information content (AvgIpc) is 2.48. The van der Waals surface area contributed by atoms with Crippen LogP contribution in [0.15, 0.2) is 16.6 Å². The normalized spacial score (nSPS) is 16.4. The van der Waals surface area contributed by atoms with Crippen molar-refractivity contribution in [1.82, 2.24) is 14.9 Å². The molecule has 1 aliphatic rings. The summed E-state index contributed by atoms with van der Waals surface area (Å²) in [6.45, 7) is 3.83. The van der Waals surface area contributed by atoms with Gasteiger partial charge < -0.3 is 20.3 Å². The zero-order chi connectivity index (χ0) is 15.0. The summed E-state index contributed by atoms with van der Waals surface area (Å²) in [6.07, 6.45) is 0. The molecule has 1 fully saturated rings. The number of nitrogens with zero attached hydrogens (tertiary/aromatic N) is 4. The topological polar surface area (TPSA) is 67.5 Å². The highest BCUT2D eigenvalue weighted by atomic mass is 79.9. The van der Waals surface area contributed by atoms with Crippen molar-refractivity contribution in [3.63, 3.8) is 0 Å². The van der Waals surface area contributed by atoms with Gasteiger partial charge in [-0.1, -0.05) is 0 Å². The molecular formula is C14H18BrN5O. The summed E-state index contributed by atoms with van der Waals surface area (Å²) in [5, 5.41) is 0.805. The van der Waals surface area contributed by atoms with E-state index in [-0.39, 0.29) is 0 Å². The maximum Gasteiger partial charge on any atom is 0.228 e. The standard InChI is InChI=1S/C14H18BrN5O/c1-19-3-5-20(6-4-19)14-17-12-10(13(16)18-14)7-9(21-2)8-11(12)15/h7-8H,3-6H2,1-2H3,(H2,16,17,18). The van der Waals surface area contributed by atoms with Crippen molar-refractivity contribution in [2.75, 3.05) is 51.0 Å². The number of methoxy groups -OCH3 is 1. The molecular weight excluding hydrogens is 334 g/mol. The summed E-state index contributed by atoms with van der Waals surface area (Å²) in [5.74, 6) is 1.91. The molecule has 0 aliphatic carbocycles. The maximum absolute atomic E-state index is 6.12. The summed E-state index contributed by atoms with van der Waals surface area (Å²) >= 11 is 3.54. The Morgan fingerprint density at radius 2 is 1.90 bits per heavy atom. The van der Waals surface area contributed by atoms with E-state index >= 15 is 0 Å². The zero-order valence-corrected chi connectivity index (χ0v) is 13.7. The van der Waals surface area contributed by atoms with Gasteiger partial charge in [0.1, 0.15) is 11.6 Å². The highest BCUT2D eigenvalue weighted by molar-refractivity contribution is 9.10. The molecule has 6 nitrogen and oxygen atoms in total. The molecule has 1 saturated heterocycles. The largest absolute Gasteiger partial charge is 0.497 e. The predicted octanol–water partition coefficient (Wildman–Crippen LogP) is 1.73. The van der Waals surface area contributed by atoms with Crippen LogP contribution < -0.4 is 15.4 Å². The molecule has 0 spiro atoms. The Morgan fingerprint density at radius 3 is 2.57 bits per heavy atom. The fourth-order valence-corrected chi connectivity index (χ4v) is 2.97. The van der Waals surface area contributed by atoms with Crippen molar-refractivity contribution < 1.29 is 4.74 Å². The Labute approximate surface area is 132 Å². The Hall–Kier alpha value is -1.60. The SMILES string of the molecule is COc1cc(Br)c2nc(N3CCN(C)CC3)nc(N)c2c1. The number of ether oxygens (including phenoxy) is 1. The number of aromatic nitrogens is 2. The minimum atomic E-state index is 0.480. The molecule has 0 unspecified atom stereocenters. The van der Waals surface area contributed by atoms with E-state index < -0.39 is 0 Å². The summed E-state index contributed by atoms with van der Waals surface area (Å²) in [6, 6.07) is 3.76. The number of nitrogens with two attached hydrogens (primary N) is 1. The molecule has 0 saturated carbocycles. The van der Waals surface area contributed by atoms with E-state index in [1.54, 1.807) is 7.11 Å². The third kappa shape index (κ3) is 2.75. The molecule has 7 heteroatoms. The van der Waals surface area contributed by atoms with Crippen molar-refractivity contribution in [2.45, 2.75) is 0 Å². The van der Waals surface area contributed by atoms with E-state index in [4.69, 9.17) is 10.5 Å². The van der Waals surface area contributed by atoms with Crippen molar-refractivity contribution in [3.8, 4) is 5.75 Å². The highest BCUT2D eigenvalue weighted by Gasteiger charge is 2.19. The van der Waals surface area contributed by atoms with Gasteiger partial charge in [0.2, 0.25) is 5.95 Å². The molecule has 0 bridgehead atoms. The van der Waals surface area contributed by atoms with Gasteiger partial charge in [-0.05, 0) is 35.1 Å². The van der Waals surface area contributed by atoms with Gasteiger partial charge in [0.15, 0.2) is 0 Å². The van der Waals surface area contributed by atoms with Crippen LogP contribution in [0.2, 0.25) is 0 Å². The lowest BCUT2D eigenvalue weighted by Crippen LogP contribution is -2.45. The number of rotatable bonds is 2. The lowest BCUT2D eigenvalue weighted by Gasteiger charge is -2.32. The van der Waals surface area contributed by atoms with Crippen LogP contribution in [0, 0.1) is 0 Å². The van der Waals surface area contributed by atoms with E-state index in [1.807, 2.05) is 12.1 Å². The van der Waals surface area contributed by atoms with Crippen LogP contribution in [0.25, 0.3) is 10.9 Å². The average molecular weight is 352 g/mol. The molecule has 0 atom stereocenters. The highest BCUT2D eigenvalue weighted by Crippen LogP contribution is 2.32.